The van der Waals surface area contributed by atoms with Crippen molar-refractivity contribution in [2.75, 3.05) is 12.4 Å². The van der Waals surface area contributed by atoms with Gasteiger partial charge in [0.2, 0.25) is 0 Å². The van der Waals surface area contributed by atoms with Gasteiger partial charge in [-0.1, -0.05) is 42.5 Å². The molecule has 0 aliphatic heterocycles. The summed E-state index contributed by atoms with van der Waals surface area (Å²) in [5.74, 6) is -0.0159. The molecule has 0 atom stereocenters. The van der Waals surface area contributed by atoms with Crippen LogP contribution in [0.25, 0.3) is 0 Å². The van der Waals surface area contributed by atoms with Crippen LogP contribution < -0.4 is 4.74 Å². The number of benzene rings is 2. The molecule has 0 bridgehead atoms. The van der Waals surface area contributed by atoms with Gasteiger partial charge in [-0.25, -0.2) is 8.42 Å². The fourth-order valence-corrected chi connectivity index (χ4v) is 3.74. The van der Waals surface area contributed by atoms with Crippen molar-refractivity contribution in [3.8, 4) is 5.75 Å². The lowest BCUT2D eigenvalue weighted by Gasteiger charge is -2.10. The van der Waals surface area contributed by atoms with Crippen molar-refractivity contribution < 1.29 is 26.3 Å². The lowest BCUT2D eigenvalue weighted by molar-refractivity contribution is -0.153. The first-order valence-corrected chi connectivity index (χ1v) is 9.58. The third kappa shape index (κ3) is 7.60. The molecule has 0 saturated heterocycles. The van der Waals surface area contributed by atoms with Crippen LogP contribution in [-0.4, -0.2) is 27.0 Å². The van der Waals surface area contributed by atoms with Crippen molar-refractivity contribution in [3.05, 3.63) is 65.7 Å². The third-order valence-corrected chi connectivity index (χ3v) is 5.16. The Morgan fingerprint density at radius 3 is 2.12 bits per heavy atom. The van der Waals surface area contributed by atoms with Crippen LogP contribution in [0.5, 0.6) is 5.75 Å². The Hall–Kier alpha value is -2.02. The Morgan fingerprint density at radius 1 is 0.880 bits per heavy atom. The summed E-state index contributed by atoms with van der Waals surface area (Å²) in [4.78, 5) is 0. The van der Waals surface area contributed by atoms with E-state index in [2.05, 4.69) is 4.74 Å². The van der Waals surface area contributed by atoms with E-state index >= 15 is 0 Å². The summed E-state index contributed by atoms with van der Waals surface area (Å²) >= 11 is 0. The van der Waals surface area contributed by atoms with E-state index in [-0.39, 0.29) is 17.3 Å². The molecule has 2 aromatic rings. The van der Waals surface area contributed by atoms with Crippen LogP contribution in [0, 0.1) is 0 Å². The first-order chi connectivity index (χ1) is 11.7. The molecule has 0 aliphatic carbocycles. The second-order valence-corrected chi connectivity index (χ2v) is 7.91. The predicted octanol–water partition coefficient (Wildman–Crippen LogP) is 4.18. The van der Waals surface area contributed by atoms with Crippen molar-refractivity contribution in [3.63, 3.8) is 0 Å². The van der Waals surface area contributed by atoms with Gasteiger partial charge in [0.1, 0.15) is 5.75 Å². The van der Waals surface area contributed by atoms with Crippen LogP contribution >= 0.6 is 0 Å². The van der Waals surface area contributed by atoms with Crippen molar-refractivity contribution in [1.29, 1.82) is 0 Å². The minimum atomic E-state index is -4.40. The number of sulfone groups is 1. The molecule has 0 N–H and O–H groups in total. The van der Waals surface area contributed by atoms with Crippen molar-refractivity contribution in [2.24, 2.45) is 0 Å². The lowest BCUT2D eigenvalue weighted by atomic mass is 10.1. The first kappa shape index (κ1) is 19.3. The van der Waals surface area contributed by atoms with Gasteiger partial charge in [0.25, 0.3) is 0 Å². The quantitative estimate of drug-likeness (QED) is 0.698. The van der Waals surface area contributed by atoms with E-state index in [1.165, 1.54) is 24.3 Å². The Bertz CT molecular complexity index is 754. The normalized spacial score (nSPS) is 12.1. The summed E-state index contributed by atoms with van der Waals surface area (Å²) < 4.78 is 65.1. The molecular weight excluding hydrogens is 353 g/mol. The molecule has 2 rings (SSSR count). The van der Waals surface area contributed by atoms with E-state index in [0.717, 1.165) is 5.56 Å². The molecular formula is C18H19F3O3S. The molecule has 0 spiro atoms. The molecule has 7 heteroatoms. The minimum absolute atomic E-state index is 0.0579. The lowest BCUT2D eigenvalue weighted by Crippen LogP contribution is -2.19. The predicted molar refractivity (Wildman–Crippen MR) is 90.2 cm³/mol. The number of aryl methyl sites for hydroxylation is 1. The van der Waals surface area contributed by atoms with E-state index in [4.69, 9.17) is 0 Å². The van der Waals surface area contributed by atoms with Gasteiger partial charge in [0.05, 0.1) is 11.5 Å². The molecule has 2 aromatic carbocycles. The Balaban J connectivity index is 1.83. The van der Waals surface area contributed by atoms with Crippen LogP contribution in [0.1, 0.15) is 17.5 Å². The van der Waals surface area contributed by atoms with Gasteiger partial charge in [-0.15, -0.1) is 0 Å². The molecule has 0 aromatic heterocycles. The SMILES string of the molecule is O=S(=O)(CCCc1ccccc1)Cc1ccc(OCC(F)(F)F)cc1. The standard InChI is InChI=1S/C18H19F3O3S/c19-18(20,21)14-24-17-10-8-16(9-11-17)13-25(22,23)12-4-7-15-5-2-1-3-6-15/h1-3,5-6,8-11H,4,7,12-14H2. The second kappa shape index (κ2) is 8.38. The van der Waals surface area contributed by atoms with Gasteiger partial charge in [-0.05, 0) is 36.1 Å². The number of hydrogen-bond acceptors (Lipinski definition) is 3. The van der Waals surface area contributed by atoms with Crippen LogP contribution in [-0.2, 0) is 22.0 Å². The van der Waals surface area contributed by atoms with E-state index in [1.54, 1.807) is 0 Å². The van der Waals surface area contributed by atoms with Gasteiger partial charge in [-0.3, -0.25) is 0 Å². The fraction of sp³-hybridized carbons (Fsp3) is 0.333. The molecule has 136 valence electrons. The van der Waals surface area contributed by atoms with E-state index < -0.39 is 22.6 Å². The van der Waals surface area contributed by atoms with Crippen LogP contribution in [0.3, 0.4) is 0 Å². The van der Waals surface area contributed by atoms with E-state index in [0.29, 0.717) is 18.4 Å². The average Bonchev–Trinajstić information content (AvgIpc) is 2.54. The molecule has 0 fully saturated rings. The molecule has 3 nitrogen and oxygen atoms in total. The van der Waals surface area contributed by atoms with Gasteiger partial charge >= 0.3 is 6.18 Å². The maximum Gasteiger partial charge on any atom is 0.422 e. The topological polar surface area (TPSA) is 43.4 Å². The number of alkyl halides is 3. The number of halogens is 3. The Kier molecular flexibility index (Phi) is 6.47. The molecule has 0 amide bonds. The Morgan fingerprint density at radius 2 is 1.52 bits per heavy atom. The molecule has 25 heavy (non-hydrogen) atoms. The average molecular weight is 372 g/mol. The highest BCUT2D eigenvalue weighted by molar-refractivity contribution is 7.90. The fourth-order valence-electron chi connectivity index (χ4n) is 2.31. The first-order valence-electron chi connectivity index (χ1n) is 7.76. The van der Waals surface area contributed by atoms with Crippen molar-refractivity contribution in [2.45, 2.75) is 24.8 Å². The second-order valence-electron chi connectivity index (χ2n) is 5.73. The van der Waals surface area contributed by atoms with Crippen molar-refractivity contribution in [1.82, 2.24) is 0 Å². The highest BCUT2D eigenvalue weighted by atomic mass is 32.2. The number of hydrogen-bond donors (Lipinski definition) is 0. The molecule has 0 radical (unpaired) electrons. The smallest absolute Gasteiger partial charge is 0.422 e. The maximum absolute atomic E-state index is 12.2. The zero-order chi connectivity index (χ0) is 18.3. The third-order valence-electron chi connectivity index (χ3n) is 3.48. The van der Waals surface area contributed by atoms with Gasteiger partial charge in [0.15, 0.2) is 16.4 Å². The van der Waals surface area contributed by atoms with Gasteiger partial charge in [0, 0.05) is 0 Å². The summed E-state index contributed by atoms with van der Waals surface area (Å²) in [5, 5.41) is 0. The molecule has 0 aliphatic rings. The van der Waals surface area contributed by atoms with Crippen LogP contribution in [0.4, 0.5) is 13.2 Å². The van der Waals surface area contributed by atoms with Gasteiger partial charge < -0.3 is 4.74 Å². The zero-order valence-corrected chi connectivity index (χ0v) is 14.3. The highest BCUT2D eigenvalue weighted by Gasteiger charge is 2.28. The summed E-state index contributed by atoms with van der Waals surface area (Å²) in [6, 6.07) is 15.3. The van der Waals surface area contributed by atoms with E-state index in [1.807, 2.05) is 30.3 Å². The number of rotatable bonds is 8. The highest BCUT2D eigenvalue weighted by Crippen LogP contribution is 2.19. The maximum atomic E-state index is 12.2. The zero-order valence-electron chi connectivity index (χ0n) is 13.5. The number of ether oxygens (including phenoxy) is 1. The van der Waals surface area contributed by atoms with Crippen LogP contribution in [0.2, 0.25) is 0 Å². The summed E-state index contributed by atoms with van der Waals surface area (Å²) in [6.45, 7) is -1.37. The summed E-state index contributed by atoms with van der Waals surface area (Å²) in [7, 11) is -3.27. The van der Waals surface area contributed by atoms with Gasteiger partial charge in [-0.2, -0.15) is 13.2 Å². The summed E-state index contributed by atoms with van der Waals surface area (Å²) in [6.07, 6.45) is -3.19. The molecule has 0 unspecified atom stereocenters. The van der Waals surface area contributed by atoms with Crippen LogP contribution in [0.15, 0.2) is 54.6 Å². The monoisotopic (exact) mass is 372 g/mol. The molecule has 0 heterocycles. The minimum Gasteiger partial charge on any atom is -0.484 e. The Labute approximate surface area is 145 Å². The van der Waals surface area contributed by atoms with E-state index in [9.17, 15) is 21.6 Å². The largest absolute Gasteiger partial charge is 0.484 e. The van der Waals surface area contributed by atoms with Crippen molar-refractivity contribution >= 4 is 9.84 Å². The summed E-state index contributed by atoms with van der Waals surface area (Å²) in [5.41, 5.74) is 1.61. The molecule has 0 saturated carbocycles.